The van der Waals surface area contributed by atoms with E-state index in [-0.39, 0.29) is 0 Å². The Morgan fingerprint density at radius 1 is 1.44 bits per heavy atom. The summed E-state index contributed by atoms with van der Waals surface area (Å²) in [6.07, 6.45) is 2.24. The molecule has 0 fully saturated rings. The minimum atomic E-state index is 0.301. The molecule has 3 N–H and O–H groups in total. The Balaban J connectivity index is 2.47. The average Bonchev–Trinajstić information content (AvgIpc) is 2.33. The fourth-order valence-corrected chi connectivity index (χ4v) is 2.08. The molecule has 0 spiro atoms. The van der Waals surface area contributed by atoms with Crippen molar-refractivity contribution in [3.05, 3.63) is 28.8 Å². The first-order valence-corrected chi connectivity index (χ1v) is 6.85. The van der Waals surface area contributed by atoms with E-state index in [1.807, 2.05) is 12.1 Å². The lowest BCUT2D eigenvalue weighted by molar-refractivity contribution is 0.141. The molecule has 1 aromatic rings. The molecule has 0 atom stereocenters. The second-order valence-electron chi connectivity index (χ2n) is 3.92. The van der Waals surface area contributed by atoms with E-state index in [0.717, 1.165) is 25.1 Å². The molecule has 3 nitrogen and oxygen atoms in total. The Bertz CT molecular complexity index is 399. The van der Waals surface area contributed by atoms with Crippen molar-refractivity contribution in [3.8, 4) is 0 Å². The molecular formula is C13H19ClN2OS. The molecule has 0 saturated carbocycles. The van der Waals surface area contributed by atoms with Crippen LogP contribution in [0.1, 0.15) is 25.3 Å². The van der Waals surface area contributed by atoms with Gasteiger partial charge in [0.1, 0.15) is 4.99 Å². The van der Waals surface area contributed by atoms with E-state index in [1.165, 1.54) is 0 Å². The maximum absolute atomic E-state index is 6.07. The number of anilines is 1. The van der Waals surface area contributed by atoms with Crippen LogP contribution in [0.4, 0.5) is 5.69 Å². The SMILES string of the molecule is CCCCOCCNc1cccc(Cl)c1C(N)=S. The van der Waals surface area contributed by atoms with Gasteiger partial charge in [0.15, 0.2) is 0 Å². The molecule has 0 unspecified atom stereocenters. The first-order chi connectivity index (χ1) is 8.66. The number of halogens is 1. The number of nitrogens with two attached hydrogens (primary N) is 1. The number of hydrogen-bond acceptors (Lipinski definition) is 3. The molecule has 0 aliphatic carbocycles. The number of ether oxygens (including phenoxy) is 1. The summed E-state index contributed by atoms with van der Waals surface area (Å²) in [6.45, 7) is 4.31. The van der Waals surface area contributed by atoms with E-state index in [9.17, 15) is 0 Å². The standard InChI is InChI=1S/C13H19ClN2OS/c1-2-3-8-17-9-7-16-11-6-4-5-10(14)12(11)13(15)18/h4-6,16H,2-3,7-9H2,1H3,(H2,15,18). The Kier molecular flexibility index (Phi) is 7.01. The predicted octanol–water partition coefficient (Wildman–Crippen LogP) is 3.20. The van der Waals surface area contributed by atoms with E-state index in [0.29, 0.717) is 28.7 Å². The minimum absolute atomic E-state index is 0.301. The van der Waals surface area contributed by atoms with Crippen molar-refractivity contribution < 1.29 is 4.74 Å². The van der Waals surface area contributed by atoms with Crippen molar-refractivity contribution in [2.75, 3.05) is 25.1 Å². The third kappa shape index (κ3) is 4.80. The second kappa shape index (κ2) is 8.29. The lowest BCUT2D eigenvalue weighted by atomic mass is 10.1. The van der Waals surface area contributed by atoms with Gasteiger partial charge in [-0.15, -0.1) is 0 Å². The summed E-state index contributed by atoms with van der Waals surface area (Å²) in [5, 5.41) is 3.80. The summed E-state index contributed by atoms with van der Waals surface area (Å²) < 4.78 is 5.47. The largest absolute Gasteiger partial charge is 0.389 e. The number of unbranched alkanes of at least 4 members (excludes halogenated alkanes) is 1. The van der Waals surface area contributed by atoms with Crippen molar-refractivity contribution in [1.82, 2.24) is 0 Å². The van der Waals surface area contributed by atoms with Gasteiger partial charge in [0, 0.05) is 18.8 Å². The highest BCUT2D eigenvalue weighted by molar-refractivity contribution is 7.80. The maximum atomic E-state index is 6.07. The van der Waals surface area contributed by atoms with Crippen molar-refractivity contribution in [2.24, 2.45) is 5.73 Å². The zero-order valence-corrected chi connectivity index (χ0v) is 12.1. The van der Waals surface area contributed by atoms with Crippen LogP contribution in [-0.2, 0) is 4.74 Å². The Hall–Kier alpha value is -0.840. The molecule has 0 radical (unpaired) electrons. The summed E-state index contributed by atoms with van der Waals surface area (Å²) in [6, 6.07) is 5.55. The minimum Gasteiger partial charge on any atom is -0.389 e. The highest BCUT2D eigenvalue weighted by atomic mass is 35.5. The average molecular weight is 287 g/mol. The number of rotatable bonds is 8. The number of hydrogen-bond donors (Lipinski definition) is 2. The van der Waals surface area contributed by atoms with E-state index in [2.05, 4.69) is 12.2 Å². The Morgan fingerprint density at radius 2 is 2.22 bits per heavy atom. The fraction of sp³-hybridized carbons (Fsp3) is 0.462. The van der Waals surface area contributed by atoms with Gasteiger partial charge in [0.2, 0.25) is 0 Å². The lowest BCUT2D eigenvalue weighted by Gasteiger charge is -2.12. The first kappa shape index (κ1) is 15.2. The zero-order valence-electron chi connectivity index (χ0n) is 10.5. The zero-order chi connectivity index (χ0) is 13.4. The van der Waals surface area contributed by atoms with Crippen molar-refractivity contribution in [2.45, 2.75) is 19.8 Å². The maximum Gasteiger partial charge on any atom is 0.107 e. The lowest BCUT2D eigenvalue weighted by Crippen LogP contribution is -2.16. The molecule has 0 saturated heterocycles. The molecule has 0 aromatic heterocycles. The summed E-state index contributed by atoms with van der Waals surface area (Å²) in [4.78, 5) is 0.301. The van der Waals surface area contributed by atoms with Crippen molar-refractivity contribution >= 4 is 34.5 Å². The predicted molar refractivity (Wildman–Crippen MR) is 81.6 cm³/mol. The van der Waals surface area contributed by atoms with Crippen LogP contribution >= 0.6 is 23.8 Å². The molecule has 0 aliphatic heterocycles. The van der Waals surface area contributed by atoms with E-state index in [4.69, 9.17) is 34.3 Å². The van der Waals surface area contributed by atoms with Gasteiger partial charge < -0.3 is 15.8 Å². The van der Waals surface area contributed by atoms with Gasteiger partial charge in [-0.1, -0.05) is 43.2 Å². The third-order valence-corrected chi connectivity index (χ3v) is 2.98. The number of thiocarbonyl (C=S) groups is 1. The molecule has 18 heavy (non-hydrogen) atoms. The van der Waals surface area contributed by atoms with Gasteiger partial charge in [0.05, 0.1) is 17.2 Å². The highest BCUT2D eigenvalue weighted by Crippen LogP contribution is 2.23. The molecule has 0 heterocycles. The van der Waals surface area contributed by atoms with E-state index in [1.54, 1.807) is 6.07 Å². The summed E-state index contributed by atoms with van der Waals surface area (Å²) in [5.41, 5.74) is 7.21. The molecule has 1 aromatic carbocycles. The van der Waals surface area contributed by atoms with E-state index < -0.39 is 0 Å². The van der Waals surface area contributed by atoms with Crippen LogP contribution in [0.2, 0.25) is 5.02 Å². The van der Waals surface area contributed by atoms with Crippen LogP contribution in [0.15, 0.2) is 18.2 Å². The highest BCUT2D eigenvalue weighted by Gasteiger charge is 2.08. The fourth-order valence-electron chi connectivity index (χ4n) is 1.53. The number of benzene rings is 1. The molecule has 100 valence electrons. The van der Waals surface area contributed by atoms with Crippen LogP contribution in [0.3, 0.4) is 0 Å². The molecular weight excluding hydrogens is 268 g/mol. The van der Waals surface area contributed by atoms with Gasteiger partial charge in [-0.3, -0.25) is 0 Å². The molecule has 1 rings (SSSR count). The van der Waals surface area contributed by atoms with Crippen LogP contribution in [0.5, 0.6) is 0 Å². The third-order valence-electron chi connectivity index (χ3n) is 2.46. The van der Waals surface area contributed by atoms with Crippen LogP contribution in [0.25, 0.3) is 0 Å². The molecule has 0 bridgehead atoms. The molecule has 5 heteroatoms. The first-order valence-electron chi connectivity index (χ1n) is 6.06. The quantitative estimate of drug-likeness (QED) is 0.569. The van der Waals surface area contributed by atoms with Gasteiger partial charge in [-0.05, 0) is 18.6 Å². The monoisotopic (exact) mass is 286 g/mol. The van der Waals surface area contributed by atoms with Crippen LogP contribution in [-0.4, -0.2) is 24.7 Å². The van der Waals surface area contributed by atoms with Crippen LogP contribution in [0, 0.1) is 0 Å². The summed E-state index contributed by atoms with van der Waals surface area (Å²) in [7, 11) is 0. The molecule has 0 amide bonds. The summed E-state index contributed by atoms with van der Waals surface area (Å²) in [5.74, 6) is 0. The van der Waals surface area contributed by atoms with Gasteiger partial charge in [0.25, 0.3) is 0 Å². The van der Waals surface area contributed by atoms with Gasteiger partial charge in [-0.25, -0.2) is 0 Å². The topological polar surface area (TPSA) is 47.3 Å². The normalized spacial score (nSPS) is 10.3. The van der Waals surface area contributed by atoms with Gasteiger partial charge in [-0.2, -0.15) is 0 Å². The summed E-state index contributed by atoms with van der Waals surface area (Å²) >= 11 is 11.1. The van der Waals surface area contributed by atoms with Crippen molar-refractivity contribution in [3.63, 3.8) is 0 Å². The van der Waals surface area contributed by atoms with Gasteiger partial charge >= 0.3 is 0 Å². The Labute approximate surface area is 119 Å². The smallest absolute Gasteiger partial charge is 0.107 e. The van der Waals surface area contributed by atoms with Crippen LogP contribution < -0.4 is 11.1 Å². The van der Waals surface area contributed by atoms with Crippen molar-refractivity contribution in [1.29, 1.82) is 0 Å². The van der Waals surface area contributed by atoms with E-state index >= 15 is 0 Å². The Morgan fingerprint density at radius 3 is 2.89 bits per heavy atom. The molecule has 0 aliphatic rings. The number of nitrogens with one attached hydrogen (secondary N) is 1. The second-order valence-corrected chi connectivity index (χ2v) is 4.77.